The van der Waals surface area contributed by atoms with Gasteiger partial charge in [0, 0.05) is 12.3 Å². The number of ketones is 1. The van der Waals surface area contributed by atoms with Crippen LogP contribution in [-0.4, -0.2) is 29.7 Å². The molecule has 2 fully saturated rings. The number of allylic oxidation sites excluding steroid dienone is 2. The van der Waals surface area contributed by atoms with Crippen LogP contribution in [0.5, 0.6) is 0 Å². The third kappa shape index (κ3) is 4.29. The van der Waals surface area contributed by atoms with Crippen LogP contribution in [0.4, 0.5) is 0 Å². The smallest absolute Gasteiger partial charge is 0.139 e. The number of hydrogen-bond acceptors (Lipinski definition) is 3. The maximum Gasteiger partial charge on any atom is 0.139 e. The zero-order valence-corrected chi connectivity index (χ0v) is 16.5. The van der Waals surface area contributed by atoms with Crippen LogP contribution < -0.4 is 0 Å². The Labute approximate surface area is 148 Å². The molecule has 0 spiro atoms. The second kappa shape index (κ2) is 7.70. The molecule has 0 aromatic heterocycles. The van der Waals surface area contributed by atoms with Crippen molar-refractivity contribution in [2.24, 2.45) is 5.92 Å². The van der Waals surface area contributed by atoms with Gasteiger partial charge < -0.3 is 9.47 Å². The monoisotopic (exact) mass is 336 g/mol. The van der Waals surface area contributed by atoms with Crippen molar-refractivity contribution in [3.8, 4) is 0 Å². The fourth-order valence-electron chi connectivity index (χ4n) is 3.87. The van der Waals surface area contributed by atoms with Gasteiger partial charge in [0.25, 0.3) is 0 Å². The average molecular weight is 337 g/mol. The van der Waals surface area contributed by atoms with Crippen molar-refractivity contribution in [3.05, 3.63) is 11.1 Å². The lowest BCUT2D eigenvalue weighted by atomic mass is 9.87. The summed E-state index contributed by atoms with van der Waals surface area (Å²) >= 11 is 0. The lowest BCUT2D eigenvalue weighted by Gasteiger charge is -2.44. The van der Waals surface area contributed by atoms with Gasteiger partial charge in [0.15, 0.2) is 0 Å². The van der Waals surface area contributed by atoms with Crippen LogP contribution in [0.25, 0.3) is 0 Å². The molecule has 2 aliphatic heterocycles. The van der Waals surface area contributed by atoms with Crippen LogP contribution in [0, 0.1) is 5.92 Å². The summed E-state index contributed by atoms with van der Waals surface area (Å²) in [5.41, 5.74) is 2.28. The Bertz CT molecular complexity index is 491. The van der Waals surface area contributed by atoms with Crippen molar-refractivity contribution >= 4 is 5.78 Å². The minimum Gasteiger partial charge on any atom is -0.370 e. The van der Waals surface area contributed by atoms with Crippen molar-refractivity contribution in [2.45, 2.75) is 104 Å². The molecule has 138 valence electrons. The van der Waals surface area contributed by atoms with E-state index in [1.807, 2.05) is 0 Å². The third-order valence-corrected chi connectivity index (χ3v) is 6.40. The molecule has 2 heterocycles. The van der Waals surface area contributed by atoms with E-state index in [0.717, 1.165) is 45.1 Å². The molecular weight excluding hydrogens is 300 g/mol. The fourth-order valence-corrected chi connectivity index (χ4v) is 3.87. The molecule has 0 amide bonds. The van der Waals surface area contributed by atoms with Crippen LogP contribution >= 0.6 is 0 Å². The first-order valence-electron chi connectivity index (χ1n) is 9.69. The Morgan fingerprint density at radius 3 is 2.62 bits per heavy atom. The number of carbonyl (C=O) groups excluding carboxylic acids is 1. The second-order valence-corrected chi connectivity index (χ2v) is 8.50. The van der Waals surface area contributed by atoms with Crippen molar-refractivity contribution in [1.82, 2.24) is 0 Å². The number of fused-ring (bicyclic) bond motifs is 2. The molecule has 3 heteroatoms. The lowest BCUT2D eigenvalue weighted by molar-refractivity contribution is -0.241. The van der Waals surface area contributed by atoms with Crippen molar-refractivity contribution in [3.63, 3.8) is 0 Å². The molecule has 3 nitrogen and oxygen atoms in total. The summed E-state index contributed by atoms with van der Waals surface area (Å²) < 4.78 is 12.6. The van der Waals surface area contributed by atoms with E-state index >= 15 is 0 Å². The number of Topliss-reactive ketones (excluding diaryl/α,β-unsaturated/α-hetero) is 1. The molecular formula is C21H36O3. The predicted octanol–water partition coefficient (Wildman–Crippen LogP) is 5.23. The van der Waals surface area contributed by atoms with E-state index in [9.17, 15) is 4.79 Å². The molecule has 0 aromatic rings. The van der Waals surface area contributed by atoms with E-state index in [2.05, 4.69) is 41.5 Å². The minimum absolute atomic E-state index is 0.0185. The van der Waals surface area contributed by atoms with Crippen molar-refractivity contribution < 1.29 is 14.3 Å². The van der Waals surface area contributed by atoms with E-state index in [1.165, 1.54) is 11.1 Å². The van der Waals surface area contributed by atoms with Crippen LogP contribution in [0.2, 0.25) is 0 Å². The summed E-state index contributed by atoms with van der Waals surface area (Å²) in [6, 6.07) is 0. The number of rotatable bonds is 8. The normalized spacial score (nSPS) is 33.3. The van der Waals surface area contributed by atoms with Gasteiger partial charge in [-0.05, 0) is 66.2 Å². The maximum atomic E-state index is 12.3. The van der Waals surface area contributed by atoms with E-state index in [-0.39, 0.29) is 23.2 Å². The van der Waals surface area contributed by atoms with Gasteiger partial charge in [0.2, 0.25) is 0 Å². The van der Waals surface area contributed by atoms with Gasteiger partial charge >= 0.3 is 0 Å². The fraction of sp³-hybridized carbons (Fsp3) is 0.857. The number of carbonyl (C=O) groups is 1. The molecule has 2 aliphatic rings. The molecule has 0 saturated carbocycles. The molecule has 4 atom stereocenters. The first kappa shape index (κ1) is 19.7. The highest BCUT2D eigenvalue weighted by atomic mass is 16.6. The van der Waals surface area contributed by atoms with Gasteiger partial charge in [-0.15, -0.1) is 0 Å². The zero-order chi connectivity index (χ0) is 18.0. The Morgan fingerprint density at radius 2 is 2.00 bits per heavy atom. The van der Waals surface area contributed by atoms with Crippen LogP contribution in [0.1, 0.15) is 86.5 Å². The summed E-state index contributed by atoms with van der Waals surface area (Å²) in [6.45, 7) is 13.4. The molecule has 0 aromatic carbocycles. The van der Waals surface area contributed by atoms with Crippen molar-refractivity contribution in [1.29, 1.82) is 0 Å². The summed E-state index contributed by atoms with van der Waals surface area (Å²) in [5, 5.41) is 0. The second-order valence-electron chi connectivity index (χ2n) is 8.50. The van der Waals surface area contributed by atoms with Crippen LogP contribution in [0.15, 0.2) is 11.1 Å². The van der Waals surface area contributed by atoms with Crippen molar-refractivity contribution in [2.75, 3.05) is 6.61 Å². The standard InChI is InChI=1S/C21H36O3/c1-7-21-12-10-19(24-21)20(6,23-14-21)11-8-9-16(4)18(22)13-17(5)15(2)3/h16,19H,7-14H2,1-6H3/t16?,19-,20+,21+/m1/s1. The Morgan fingerprint density at radius 1 is 1.29 bits per heavy atom. The lowest BCUT2D eigenvalue weighted by Crippen LogP contribution is -2.52. The minimum atomic E-state index is -0.173. The van der Waals surface area contributed by atoms with Gasteiger partial charge in [-0.2, -0.15) is 0 Å². The Hall–Kier alpha value is -0.670. The van der Waals surface area contributed by atoms with Gasteiger partial charge in [0.05, 0.1) is 23.9 Å². The SMILES string of the molecule is CC[C@@]12CC[C@@H](O1)[C@](C)(CCCC(C)C(=O)CC(C)=C(C)C)OC2. The predicted molar refractivity (Wildman–Crippen MR) is 98.2 cm³/mol. The van der Waals surface area contributed by atoms with Crippen LogP contribution in [0.3, 0.4) is 0 Å². The van der Waals surface area contributed by atoms with Gasteiger partial charge in [-0.1, -0.05) is 25.0 Å². The summed E-state index contributed by atoms with van der Waals surface area (Å²) in [4.78, 5) is 12.3. The van der Waals surface area contributed by atoms with Gasteiger partial charge in [0.1, 0.15) is 5.78 Å². The summed E-state index contributed by atoms with van der Waals surface area (Å²) in [5.74, 6) is 0.497. The quantitative estimate of drug-likeness (QED) is 0.570. The molecule has 0 aliphatic carbocycles. The molecule has 24 heavy (non-hydrogen) atoms. The molecule has 2 saturated heterocycles. The molecule has 0 radical (unpaired) electrons. The van der Waals surface area contributed by atoms with Gasteiger partial charge in [-0.25, -0.2) is 0 Å². The topological polar surface area (TPSA) is 35.5 Å². The highest BCUT2D eigenvalue weighted by molar-refractivity contribution is 5.82. The summed E-state index contributed by atoms with van der Waals surface area (Å²) in [6.07, 6.45) is 7.05. The van der Waals surface area contributed by atoms with E-state index in [4.69, 9.17) is 9.47 Å². The number of hydrogen-bond donors (Lipinski definition) is 0. The van der Waals surface area contributed by atoms with Gasteiger partial charge in [-0.3, -0.25) is 4.79 Å². The highest BCUT2D eigenvalue weighted by Crippen LogP contribution is 2.46. The molecule has 2 rings (SSSR count). The van der Waals surface area contributed by atoms with E-state index in [1.54, 1.807) is 0 Å². The Kier molecular flexibility index (Phi) is 6.30. The van der Waals surface area contributed by atoms with Crippen LogP contribution in [-0.2, 0) is 14.3 Å². The third-order valence-electron chi connectivity index (χ3n) is 6.40. The summed E-state index contributed by atoms with van der Waals surface area (Å²) in [7, 11) is 0. The number of ether oxygens (including phenoxy) is 2. The zero-order valence-electron chi connectivity index (χ0n) is 16.5. The molecule has 0 N–H and O–H groups in total. The first-order valence-corrected chi connectivity index (χ1v) is 9.69. The van der Waals surface area contributed by atoms with E-state index < -0.39 is 0 Å². The highest BCUT2D eigenvalue weighted by Gasteiger charge is 2.52. The maximum absolute atomic E-state index is 12.3. The Balaban J connectivity index is 1.80. The molecule has 1 unspecified atom stereocenters. The largest absolute Gasteiger partial charge is 0.370 e. The molecule has 2 bridgehead atoms. The first-order chi connectivity index (χ1) is 11.2. The average Bonchev–Trinajstić information content (AvgIpc) is 2.93. The van der Waals surface area contributed by atoms with E-state index in [0.29, 0.717) is 12.2 Å².